The van der Waals surface area contributed by atoms with Crippen LogP contribution in [-0.4, -0.2) is 78.4 Å². The fourth-order valence-electron chi connectivity index (χ4n) is 2.69. The second kappa shape index (κ2) is 10.8. The molecule has 0 bridgehead atoms. The van der Waals surface area contributed by atoms with Gasteiger partial charge in [-0.25, -0.2) is 9.59 Å². The highest BCUT2D eigenvalue weighted by Crippen LogP contribution is 2.16. The lowest BCUT2D eigenvalue weighted by atomic mass is 10.1. The third-order valence-corrected chi connectivity index (χ3v) is 4.01. The van der Waals surface area contributed by atoms with Crippen molar-refractivity contribution >= 4 is 30.0 Å². The number of alkyl carbamates (subject to hydrolysis) is 2. The van der Waals surface area contributed by atoms with E-state index in [0.29, 0.717) is 19.4 Å². The molecule has 1 aliphatic heterocycles. The maximum atomic E-state index is 12.2. The monoisotopic (exact) mass is 444 g/mol. The van der Waals surface area contributed by atoms with Crippen LogP contribution in [0.4, 0.5) is 9.59 Å². The van der Waals surface area contributed by atoms with Crippen LogP contribution in [0.5, 0.6) is 0 Å². The van der Waals surface area contributed by atoms with E-state index in [1.807, 2.05) is 0 Å². The number of carbonyl (C=O) groups excluding carboxylic acids is 5. The number of nitrogens with one attached hydrogen (secondary N) is 2. The van der Waals surface area contributed by atoms with Crippen molar-refractivity contribution in [1.82, 2.24) is 15.5 Å². The number of ether oxygens (including phenoxy) is 3. The molecule has 0 aromatic rings. The van der Waals surface area contributed by atoms with Crippen LogP contribution in [0.3, 0.4) is 0 Å². The highest BCUT2D eigenvalue weighted by Gasteiger charge is 2.33. The first-order chi connectivity index (χ1) is 14.2. The molecule has 0 saturated carbocycles. The van der Waals surface area contributed by atoms with Crippen LogP contribution < -0.4 is 16.4 Å². The Morgan fingerprint density at radius 1 is 0.968 bits per heavy atom. The normalized spacial score (nSPS) is 16.3. The zero-order chi connectivity index (χ0) is 23.8. The summed E-state index contributed by atoms with van der Waals surface area (Å²) in [5.74, 6) is -1.78. The Morgan fingerprint density at radius 3 is 2.13 bits per heavy atom. The van der Waals surface area contributed by atoms with Crippen LogP contribution in [0.2, 0.25) is 0 Å². The molecule has 0 aromatic carbocycles. The minimum Gasteiger partial charge on any atom is -0.460 e. The van der Waals surface area contributed by atoms with E-state index in [2.05, 4.69) is 10.6 Å². The lowest BCUT2D eigenvalue weighted by Gasteiger charge is -2.26. The van der Waals surface area contributed by atoms with Crippen LogP contribution in [0.15, 0.2) is 0 Å². The SMILES string of the molecule is CC(C)(C)OC(=O)NCC(=O)OCC(C)(C)OC(=O)NCC(=O)N1CCC[C@H]1C(N)=O. The summed E-state index contributed by atoms with van der Waals surface area (Å²) in [6.07, 6.45) is -0.505. The van der Waals surface area contributed by atoms with E-state index in [0.717, 1.165) is 0 Å². The quantitative estimate of drug-likeness (QED) is 0.348. The molecule has 0 spiro atoms. The summed E-state index contributed by atoms with van der Waals surface area (Å²) in [4.78, 5) is 60.1. The summed E-state index contributed by atoms with van der Waals surface area (Å²) < 4.78 is 15.2. The molecule has 4 N–H and O–H groups in total. The molecule has 12 heteroatoms. The Balaban J connectivity index is 2.35. The minimum absolute atomic E-state index is 0.279. The molecule has 1 atom stereocenters. The summed E-state index contributed by atoms with van der Waals surface area (Å²) in [6.45, 7) is 7.40. The van der Waals surface area contributed by atoms with Crippen molar-refractivity contribution < 1.29 is 38.2 Å². The first kappa shape index (κ1) is 26.0. The molecule has 0 aromatic heterocycles. The second-order valence-electron chi connectivity index (χ2n) is 8.67. The molecule has 0 unspecified atom stereocenters. The summed E-state index contributed by atoms with van der Waals surface area (Å²) in [5, 5.41) is 4.56. The third-order valence-electron chi connectivity index (χ3n) is 4.01. The highest BCUT2D eigenvalue weighted by molar-refractivity contribution is 5.89. The molecule has 0 radical (unpaired) electrons. The largest absolute Gasteiger partial charge is 0.460 e. The third kappa shape index (κ3) is 10.0. The number of rotatable bonds is 8. The zero-order valence-electron chi connectivity index (χ0n) is 18.6. The van der Waals surface area contributed by atoms with Gasteiger partial charge >= 0.3 is 18.2 Å². The van der Waals surface area contributed by atoms with Gasteiger partial charge in [0.1, 0.15) is 36.9 Å². The number of nitrogens with zero attached hydrogens (tertiary/aromatic N) is 1. The van der Waals surface area contributed by atoms with Gasteiger partial charge in [0, 0.05) is 6.54 Å². The topological polar surface area (TPSA) is 166 Å². The Labute approximate surface area is 181 Å². The van der Waals surface area contributed by atoms with Crippen molar-refractivity contribution in [1.29, 1.82) is 0 Å². The molecular weight excluding hydrogens is 412 g/mol. The number of esters is 1. The zero-order valence-corrected chi connectivity index (χ0v) is 18.6. The van der Waals surface area contributed by atoms with Crippen molar-refractivity contribution in [3.8, 4) is 0 Å². The molecule has 1 saturated heterocycles. The van der Waals surface area contributed by atoms with Gasteiger partial charge in [0.25, 0.3) is 0 Å². The lowest BCUT2D eigenvalue weighted by molar-refractivity contribution is -0.148. The summed E-state index contributed by atoms with van der Waals surface area (Å²) in [6, 6.07) is -0.671. The Bertz CT molecular complexity index is 702. The molecular formula is C19H32N4O8. The predicted molar refractivity (Wildman–Crippen MR) is 108 cm³/mol. The van der Waals surface area contributed by atoms with Gasteiger partial charge < -0.3 is 35.5 Å². The van der Waals surface area contributed by atoms with Gasteiger partial charge in [-0.2, -0.15) is 0 Å². The molecule has 12 nitrogen and oxygen atoms in total. The van der Waals surface area contributed by atoms with Crippen molar-refractivity contribution in [2.75, 3.05) is 26.2 Å². The van der Waals surface area contributed by atoms with Crippen molar-refractivity contribution in [2.45, 2.75) is 64.7 Å². The molecule has 1 heterocycles. The molecule has 0 aliphatic carbocycles. The average molecular weight is 444 g/mol. The molecule has 31 heavy (non-hydrogen) atoms. The van der Waals surface area contributed by atoms with Gasteiger partial charge in [-0.05, 0) is 47.5 Å². The van der Waals surface area contributed by atoms with Gasteiger partial charge in [0.05, 0.1) is 0 Å². The Hall–Kier alpha value is -3.05. The van der Waals surface area contributed by atoms with Crippen molar-refractivity contribution in [3.05, 3.63) is 0 Å². The fraction of sp³-hybridized carbons (Fsp3) is 0.737. The standard InChI is InChI=1S/C19H32N4O8/c1-18(2,3)30-16(27)22-10-14(25)29-11-19(4,5)31-17(28)21-9-13(24)23-8-6-7-12(23)15(20)26/h12H,6-11H2,1-5H3,(H2,20,26)(H,21,28)(H,22,27)/t12-/m0/s1. The van der Waals surface area contributed by atoms with Gasteiger partial charge in [-0.1, -0.05) is 0 Å². The lowest BCUT2D eigenvalue weighted by Crippen LogP contribution is -2.48. The Morgan fingerprint density at radius 2 is 1.55 bits per heavy atom. The molecule has 1 fully saturated rings. The van der Waals surface area contributed by atoms with E-state index in [-0.39, 0.29) is 13.2 Å². The number of primary amides is 1. The summed E-state index contributed by atoms with van der Waals surface area (Å²) in [5.41, 5.74) is 3.37. The number of nitrogens with two attached hydrogens (primary N) is 1. The van der Waals surface area contributed by atoms with Crippen LogP contribution in [-0.2, 0) is 28.6 Å². The predicted octanol–water partition coefficient (Wildman–Crippen LogP) is 0.0354. The number of hydrogen-bond acceptors (Lipinski definition) is 8. The Kier molecular flexibility index (Phi) is 9.07. The number of carbonyl (C=O) groups is 5. The van der Waals surface area contributed by atoms with Crippen LogP contribution in [0.1, 0.15) is 47.5 Å². The summed E-state index contributed by atoms with van der Waals surface area (Å²) in [7, 11) is 0. The van der Waals surface area contributed by atoms with Crippen LogP contribution in [0, 0.1) is 0 Å². The second-order valence-corrected chi connectivity index (χ2v) is 8.67. The molecule has 1 rings (SSSR count). The van der Waals surface area contributed by atoms with E-state index in [1.165, 1.54) is 18.7 Å². The first-order valence-corrected chi connectivity index (χ1v) is 9.88. The first-order valence-electron chi connectivity index (χ1n) is 9.88. The summed E-state index contributed by atoms with van der Waals surface area (Å²) >= 11 is 0. The van der Waals surface area contributed by atoms with Gasteiger partial charge in [0.2, 0.25) is 11.8 Å². The number of likely N-dealkylation sites (tertiary alicyclic amines) is 1. The van der Waals surface area contributed by atoms with E-state index < -0.39 is 53.8 Å². The fourth-order valence-corrected chi connectivity index (χ4v) is 2.69. The van der Waals surface area contributed by atoms with Crippen LogP contribution >= 0.6 is 0 Å². The maximum Gasteiger partial charge on any atom is 0.408 e. The van der Waals surface area contributed by atoms with Crippen molar-refractivity contribution in [2.24, 2.45) is 5.73 Å². The average Bonchev–Trinajstić information content (AvgIpc) is 3.11. The van der Waals surface area contributed by atoms with E-state index >= 15 is 0 Å². The maximum absolute atomic E-state index is 12.2. The minimum atomic E-state index is -1.20. The molecule has 4 amide bonds. The highest BCUT2D eigenvalue weighted by atomic mass is 16.6. The molecule has 1 aliphatic rings. The van der Waals surface area contributed by atoms with Gasteiger partial charge in [0.15, 0.2) is 0 Å². The van der Waals surface area contributed by atoms with Gasteiger partial charge in [-0.15, -0.1) is 0 Å². The van der Waals surface area contributed by atoms with Crippen LogP contribution in [0.25, 0.3) is 0 Å². The van der Waals surface area contributed by atoms with E-state index in [9.17, 15) is 24.0 Å². The number of amides is 4. The van der Waals surface area contributed by atoms with Gasteiger partial charge in [-0.3, -0.25) is 14.4 Å². The smallest absolute Gasteiger partial charge is 0.408 e. The number of hydrogen-bond donors (Lipinski definition) is 3. The van der Waals surface area contributed by atoms with E-state index in [4.69, 9.17) is 19.9 Å². The molecule has 176 valence electrons. The van der Waals surface area contributed by atoms with Crippen molar-refractivity contribution in [3.63, 3.8) is 0 Å². The van der Waals surface area contributed by atoms with E-state index in [1.54, 1.807) is 20.8 Å².